The molecular formula is C22H30FIN4O2. The molecule has 6 nitrogen and oxygen atoms in total. The summed E-state index contributed by atoms with van der Waals surface area (Å²) in [5.74, 6) is 2.15. The molecule has 8 heteroatoms. The van der Waals surface area contributed by atoms with E-state index >= 15 is 0 Å². The maximum absolute atomic E-state index is 14.0. The van der Waals surface area contributed by atoms with Crippen molar-refractivity contribution in [1.29, 1.82) is 0 Å². The van der Waals surface area contributed by atoms with Gasteiger partial charge in [-0.15, -0.1) is 24.0 Å². The lowest BCUT2D eigenvalue weighted by atomic mass is 10.1. The summed E-state index contributed by atoms with van der Waals surface area (Å²) in [7, 11) is 7.59. The minimum atomic E-state index is -0.178. The zero-order valence-electron chi connectivity index (χ0n) is 17.9. The predicted octanol–water partition coefficient (Wildman–Crippen LogP) is 3.48. The molecule has 3 rings (SSSR count). The molecule has 1 heterocycles. The van der Waals surface area contributed by atoms with Crippen molar-refractivity contribution in [3.8, 4) is 11.5 Å². The second-order valence-electron chi connectivity index (χ2n) is 7.40. The number of benzene rings is 2. The highest BCUT2D eigenvalue weighted by atomic mass is 127. The average molecular weight is 528 g/mol. The van der Waals surface area contributed by atoms with Crippen LogP contribution in [0.25, 0.3) is 0 Å². The zero-order valence-corrected chi connectivity index (χ0v) is 20.3. The predicted molar refractivity (Wildman–Crippen MR) is 128 cm³/mol. The quantitative estimate of drug-likeness (QED) is 0.354. The molecule has 30 heavy (non-hydrogen) atoms. The van der Waals surface area contributed by atoms with E-state index in [2.05, 4.69) is 10.3 Å². The van der Waals surface area contributed by atoms with E-state index in [1.54, 1.807) is 13.1 Å². The number of fused-ring (bicyclic) bond motifs is 1. The van der Waals surface area contributed by atoms with Gasteiger partial charge in [0.2, 0.25) is 0 Å². The summed E-state index contributed by atoms with van der Waals surface area (Å²) >= 11 is 0. The van der Waals surface area contributed by atoms with Crippen LogP contribution in [-0.2, 0) is 19.6 Å². The Kier molecular flexibility index (Phi) is 9.16. The second kappa shape index (κ2) is 11.4. The van der Waals surface area contributed by atoms with Crippen LogP contribution >= 0.6 is 24.0 Å². The van der Waals surface area contributed by atoms with Gasteiger partial charge in [0.15, 0.2) is 17.5 Å². The highest BCUT2D eigenvalue weighted by Crippen LogP contribution is 2.31. The Hall–Kier alpha value is -2.07. The third kappa shape index (κ3) is 6.46. The molecule has 0 saturated heterocycles. The van der Waals surface area contributed by atoms with Crippen LogP contribution in [0, 0.1) is 5.82 Å². The number of nitrogens with one attached hydrogen (secondary N) is 1. The maximum atomic E-state index is 14.0. The van der Waals surface area contributed by atoms with Crippen LogP contribution in [0.5, 0.6) is 11.5 Å². The number of hydrogen-bond acceptors (Lipinski definition) is 4. The molecule has 0 aliphatic carbocycles. The van der Waals surface area contributed by atoms with E-state index in [1.165, 1.54) is 6.07 Å². The van der Waals surface area contributed by atoms with Crippen molar-refractivity contribution >= 4 is 29.9 Å². The Labute approximate surface area is 195 Å². The van der Waals surface area contributed by atoms with Crippen LogP contribution in [0.4, 0.5) is 4.39 Å². The van der Waals surface area contributed by atoms with Gasteiger partial charge >= 0.3 is 0 Å². The monoisotopic (exact) mass is 528 g/mol. The molecule has 0 aromatic heterocycles. The molecule has 164 valence electrons. The Morgan fingerprint density at radius 3 is 2.40 bits per heavy atom. The summed E-state index contributed by atoms with van der Waals surface area (Å²) in [6, 6.07) is 11.2. The smallest absolute Gasteiger partial charge is 0.193 e. The summed E-state index contributed by atoms with van der Waals surface area (Å²) in [4.78, 5) is 8.36. The maximum Gasteiger partial charge on any atom is 0.193 e. The number of rotatable bonds is 6. The first kappa shape index (κ1) is 24.2. The highest BCUT2D eigenvalue weighted by Gasteiger charge is 2.14. The molecule has 2 aromatic carbocycles. The average Bonchev–Trinajstić information content (AvgIpc) is 2.70. The van der Waals surface area contributed by atoms with Gasteiger partial charge in [0.05, 0.1) is 0 Å². The fourth-order valence-electron chi connectivity index (χ4n) is 3.30. The van der Waals surface area contributed by atoms with Gasteiger partial charge in [-0.05, 0) is 49.5 Å². The summed E-state index contributed by atoms with van der Waals surface area (Å²) in [6.07, 6.45) is 0. The van der Waals surface area contributed by atoms with E-state index in [0.29, 0.717) is 38.4 Å². The lowest BCUT2D eigenvalue weighted by Gasteiger charge is -2.24. The molecule has 0 atom stereocenters. The molecule has 1 aliphatic heterocycles. The number of nitrogens with zero attached hydrogens (tertiary/aromatic N) is 3. The molecule has 0 fully saturated rings. The number of aliphatic imine (C=N–C) groups is 1. The third-order valence-corrected chi connectivity index (χ3v) is 4.65. The van der Waals surface area contributed by atoms with Crippen LogP contribution in [0.3, 0.4) is 0 Å². The Morgan fingerprint density at radius 2 is 1.70 bits per heavy atom. The Balaban J connectivity index is 0.00000320. The van der Waals surface area contributed by atoms with Crippen LogP contribution in [0.1, 0.15) is 16.7 Å². The van der Waals surface area contributed by atoms with Crippen molar-refractivity contribution < 1.29 is 13.9 Å². The molecule has 0 unspecified atom stereocenters. The molecule has 0 amide bonds. The molecule has 0 spiro atoms. The van der Waals surface area contributed by atoms with Gasteiger partial charge in [-0.2, -0.15) is 0 Å². The first-order chi connectivity index (χ1) is 14.0. The van der Waals surface area contributed by atoms with E-state index in [0.717, 1.165) is 28.6 Å². The van der Waals surface area contributed by atoms with Gasteiger partial charge < -0.3 is 24.6 Å². The zero-order chi connectivity index (χ0) is 20.8. The summed E-state index contributed by atoms with van der Waals surface area (Å²) in [6.45, 7) is 2.97. The number of guanidine groups is 1. The number of hydrogen-bond donors (Lipinski definition) is 1. The number of ether oxygens (including phenoxy) is 2. The van der Waals surface area contributed by atoms with Crippen molar-refractivity contribution in [2.75, 3.05) is 41.4 Å². The molecule has 0 saturated carbocycles. The van der Waals surface area contributed by atoms with Crippen LogP contribution < -0.4 is 14.8 Å². The molecule has 2 aromatic rings. The molecule has 1 aliphatic rings. The lowest BCUT2D eigenvalue weighted by Crippen LogP contribution is -2.38. The largest absolute Gasteiger partial charge is 0.486 e. The fraction of sp³-hybridized carbons (Fsp3) is 0.409. The van der Waals surface area contributed by atoms with Crippen molar-refractivity contribution in [3.63, 3.8) is 0 Å². The van der Waals surface area contributed by atoms with Crippen molar-refractivity contribution in [2.24, 2.45) is 4.99 Å². The highest BCUT2D eigenvalue weighted by molar-refractivity contribution is 14.0. The molecular weight excluding hydrogens is 498 g/mol. The van der Waals surface area contributed by atoms with E-state index < -0.39 is 0 Å². The Morgan fingerprint density at radius 1 is 1.00 bits per heavy atom. The van der Waals surface area contributed by atoms with Crippen LogP contribution in [0.2, 0.25) is 0 Å². The van der Waals surface area contributed by atoms with Crippen LogP contribution in [0.15, 0.2) is 41.4 Å². The first-order valence-electron chi connectivity index (χ1n) is 9.68. The van der Waals surface area contributed by atoms with E-state index in [9.17, 15) is 4.39 Å². The van der Waals surface area contributed by atoms with Gasteiger partial charge in [0.1, 0.15) is 19.0 Å². The standard InChI is InChI=1S/C22H29FN4O2.HI/c1-24-22(25-13-16-5-7-19(23)18(11-16)15-26(2)3)27(4)14-17-6-8-20-21(12-17)29-10-9-28-20;/h5-8,11-12H,9-10,13-15H2,1-4H3,(H,24,25);1H. The van der Waals surface area contributed by atoms with Crippen molar-refractivity contribution in [2.45, 2.75) is 19.6 Å². The SMILES string of the molecule is CN=C(NCc1ccc(F)c(CN(C)C)c1)N(C)Cc1ccc2c(c1)OCCO2.I. The number of halogens is 2. The van der Waals surface area contributed by atoms with E-state index in [-0.39, 0.29) is 29.8 Å². The van der Waals surface area contributed by atoms with Gasteiger partial charge in [0, 0.05) is 39.3 Å². The minimum absolute atomic E-state index is 0. The molecule has 0 radical (unpaired) electrons. The van der Waals surface area contributed by atoms with Gasteiger partial charge in [-0.1, -0.05) is 12.1 Å². The summed E-state index contributed by atoms with van der Waals surface area (Å²) < 4.78 is 25.2. The summed E-state index contributed by atoms with van der Waals surface area (Å²) in [5.41, 5.74) is 2.81. The van der Waals surface area contributed by atoms with Gasteiger partial charge in [0.25, 0.3) is 0 Å². The van der Waals surface area contributed by atoms with Gasteiger partial charge in [-0.3, -0.25) is 4.99 Å². The summed E-state index contributed by atoms with van der Waals surface area (Å²) in [5, 5.41) is 3.35. The van der Waals surface area contributed by atoms with Crippen molar-refractivity contribution in [1.82, 2.24) is 15.1 Å². The second-order valence-corrected chi connectivity index (χ2v) is 7.40. The van der Waals surface area contributed by atoms with Crippen LogP contribution in [-0.4, -0.2) is 57.2 Å². The molecule has 1 N–H and O–H groups in total. The first-order valence-corrected chi connectivity index (χ1v) is 9.68. The molecule has 0 bridgehead atoms. The topological polar surface area (TPSA) is 49.3 Å². The minimum Gasteiger partial charge on any atom is -0.486 e. The third-order valence-electron chi connectivity index (χ3n) is 4.65. The van der Waals surface area contributed by atoms with E-state index in [1.807, 2.05) is 55.2 Å². The Bertz CT molecular complexity index is 876. The van der Waals surface area contributed by atoms with Crippen molar-refractivity contribution in [3.05, 3.63) is 58.9 Å². The lowest BCUT2D eigenvalue weighted by molar-refractivity contribution is 0.171. The van der Waals surface area contributed by atoms with E-state index in [4.69, 9.17) is 9.47 Å². The van der Waals surface area contributed by atoms with Gasteiger partial charge in [-0.25, -0.2) is 4.39 Å². The normalized spacial score (nSPS) is 13.1. The fourth-order valence-corrected chi connectivity index (χ4v) is 3.30.